The molecule has 2 aromatic rings. The summed E-state index contributed by atoms with van der Waals surface area (Å²) in [6, 6.07) is 9.61. The van der Waals surface area contributed by atoms with Crippen LogP contribution < -0.4 is 20.5 Å². The molecule has 0 unspecified atom stereocenters. The SMILES string of the molecule is COc1cc(C(=O)Nc2ccc(C(N)=O)cc2)cc(OC)c1C. The number of hydrogen-bond donors (Lipinski definition) is 2. The molecule has 2 amide bonds. The van der Waals surface area contributed by atoms with Crippen LogP contribution in [-0.2, 0) is 0 Å². The zero-order valence-electron chi connectivity index (χ0n) is 13.2. The minimum absolute atomic E-state index is 0.312. The van der Waals surface area contributed by atoms with Crippen LogP contribution in [0.1, 0.15) is 26.3 Å². The Labute approximate surface area is 134 Å². The summed E-state index contributed by atoms with van der Waals surface area (Å²) in [6.07, 6.45) is 0. The van der Waals surface area contributed by atoms with Crippen LogP contribution in [-0.4, -0.2) is 26.0 Å². The van der Waals surface area contributed by atoms with Gasteiger partial charge >= 0.3 is 0 Å². The fraction of sp³-hybridized carbons (Fsp3) is 0.176. The van der Waals surface area contributed by atoms with E-state index < -0.39 is 5.91 Å². The molecule has 0 bridgehead atoms. The number of ether oxygens (including phenoxy) is 2. The van der Waals surface area contributed by atoms with Gasteiger partial charge in [-0.05, 0) is 43.3 Å². The third kappa shape index (κ3) is 3.60. The predicted molar refractivity (Wildman–Crippen MR) is 87.2 cm³/mol. The average molecular weight is 314 g/mol. The summed E-state index contributed by atoms with van der Waals surface area (Å²) in [6.45, 7) is 1.85. The lowest BCUT2D eigenvalue weighted by Crippen LogP contribution is -2.14. The first-order chi connectivity index (χ1) is 11.0. The van der Waals surface area contributed by atoms with E-state index in [0.29, 0.717) is 28.3 Å². The zero-order valence-corrected chi connectivity index (χ0v) is 13.2. The molecule has 0 saturated heterocycles. The minimum atomic E-state index is -0.518. The number of carbonyl (C=O) groups is 2. The Kier molecular flexibility index (Phi) is 4.85. The Hall–Kier alpha value is -3.02. The molecule has 2 aromatic carbocycles. The van der Waals surface area contributed by atoms with E-state index in [-0.39, 0.29) is 5.91 Å². The van der Waals surface area contributed by atoms with E-state index >= 15 is 0 Å². The number of benzene rings is 2. The van der Waals surface area contributed by atoms with E-state index in [9.17, 15) is 9.59 Å². The largest absolute Gasteiger partial charge is 0.496 e. The highest BCUT2D eigenvalue weighted by Gasteiger charge is 2.14. The first kappa shape index (κ1) is 16.4. The van der Waals surface area contributed by atoms with Gasteiger partial charge in [-0.3, -0.25) is 9.59 Å². The van der Waals surface area contributed by atoms with Crippen molar-refractivity contribution in [3.8, 4) is 11.5 Å². The predicted octanol–water partition coefficient (Wildman–Crippen LogP) is 2.36. The molecule has 6 heteroatoms. The van der Waals surface area contributed by atoms with Crippen LogP contribution in [0, 0.1) is 6.92 Å². The van der Waals surface area contributed by atoms with Crippen molar-refractivity contribution in [3.63, 3.8) is 0 Å². The normalized spacial score (nSPS) is 10.0. The number of rotatable bonds is 5. The van der Waals surface area contributed by atoms with E-state index in [1.165, 1.54) is 14.2 Å². The standard InChI is InChI=1S/C17H18N2O4/c1-10-14(22-2)8-12(9-15(10)23-3)17(21)19-13-6-4-11(5-7-13)16(18)20/h4-9H,1-3H3,(H2,18,20)(H,19,21). The molecule has 6 nitrogen and oxygen atoms in total. The fourth-order valence-corrected chi connectivity index (χ4v) is 2.14. The van der Waals surface area contributed by atoms with E-state index in [0.717, 1.165) is 5.56 Å². The Bertz CT molecular complexity index is 714. The Balaban J connectivity index is 2.25. The third-order valence-corrected chi connectivity index (χ3v) is 3.44. The molecule has 3 N–H and O–H groups in total. The number of anilines is 1. The first-order valence-electron chi connectivity index (χ1n) is 6.90. The molecule has 0 atom stereocenters. The molecule has 0 heterocycles. The Morgan fingerprint density at radius 1 is 0.957 bits per heavy atom. The van der Waals surface area contributed by atoms with Gasteiger partial charge in [-0.2, -0.15) is 0 Å². The summed E-state index contributed by atoms with van der Waals surface area (Å²) >= 11 is 0. The number of hydrogen-bond acceptors (Lipinski definition) is 4. The molecular weight excluding hydrogens is 296 g/mol. The highest BCUT2D eigenvalue weighted by molar-refractivity contribution is 6.05. The van der Waals surface area contributed by atoms with Crippen LogP contribution in [0.3, 0.4) is 0 Å². The zero-order chi connectivity index (χ0) is 17.0. The second-order valence-electron chi connectivity index (χ2n) is 4.90. The van der Waals surface area contributed by atoms with Gasteiger partial charge < -0.3 is 20.5 Å². The van der Waals surface area contributed by atoms with Crippen molar-refractivity contribution in [1.29, 1.82) is 0 Å². The molecule has 0 radical (unpaired) electrons. The van der Waals surface area contributed by atoms with Gasteiger partial charge in [0.05, 0.1) is 14.2 Å². The molecule has 0 aliphatic carbocycles. The van der Waals surface area contributed by atoms with Gasteiger partial charge in [-0.25, -0.2) is 0 Å². The summed E-state index contributed by atoms with van der Waals surface area (Å²) in [5, 5.41) is 2.74. The number of amides is 2. The van der Waals surface area contributed by atoms with Gasteiger partial charge in [-0.1, -0.05) is 0 Å². The van der Waals surface area contributed by atoms with E-state index in [1.807, 2.05) is 6.92 Å². The Morgan fingerprint density at radius 3 is 1.91 bits per heavy atom. The van der Waals surface area contributed by atoms with Crippen molar-refractivity contribution in [1.82, 2.24) is 0 Å². The van der Waals surface area contributed by atoms with E-state index in [4.69, 9.17) is 15.2 Å². The van der Waals surface area contributed by atoms with Gasteiger partial charge in [-0.15, -0.1) is 0 Å². The molecule has 23 heavy (non-hydrogen) atoms. The maximum Gasteiger partial charge on any atom is 0.255 e. The van der Waals surface area contributed by atoms with Crippen LogP contribution in [0.4, 0.5) is 5.69 Å². The second kappa shape index (κ2) is 6.83. The second-order valence-corrected chi connectivity index (χ2v) is 4.90. The quantitative estimate of drug-likeness (QED) is 0.886. The van der Waals surface area contributed by atoms with Gasteiger partial charge in [0.25, 0.3) is 5.91 Å². The van der Waals surface area contributed by atoms with Crippen molar-refractivity contribution in [2.24, 2.45) is 5.73 Å². The maximum atomic E-state index is 12.4. The highest BCUT2D eigenvalue weighted by Crippen LogP contribution is 2.29. The van der Waals surface area contributed by atoms with Crippen LogP contribution >= 0.6 is 0 Å². The van der Waals surface area contributed by atoms with Crippen LogP contribution in [0.5, 0.6) is 11.5 Å². The number of carbonyl (C=O) groups excluding carboxylic acids is 2. The molecule has 0 aliphatic heterocycles. The van der Waals surface area contributed by atoms with Gasteiger partial charge in [0.1, 0.15) is 11.5 Å². The topological polar surface area (TPSA) is 90.6 Å². The summed E-state index contributed by atoms with van der Waals surface area (Å²) in [4.78, 5) is 23.4. The Morgan fingerprint density at radius 2 is 1.48 bits per heavy atom. The molecule has 2 rings (SSSR count). The average Bonchev–Trinajstić information content (AvgIpc) is 2.55. The van der Waals surface area contributed by atoms with Crippen molar-refractivity contribution >= 4 is 17.5 Å². The van der Waals surface area contributed by atoms with Crippen molar-refractivity contribution in [3.05, 3.63) is 53.1 Å². The van der Waals surface area contributed by atoms with Gasteiger partial charge in [0, 0.05) is 22.4 Å². The van der Waals surface area contributed by atoms with Crippen LogP contribution in [0.15, 0.2) is 36.4 Å². The van der Waals surface area contributed by atoms with Gasteiger partial charge in [0.2, 0.25) is 5.91 Å². The third-order valence-electron chi connectivity index (χ3n) is 3.44. The van der Waals surface area contributed by atoms with Crippen molar-refractivity contribution < 1.29 is 19.1 Å². The monoisotopic (exact) mass is 314 g/mol. The molecule has 0 saturated carbocycles. The lowest BCUT2D eigenvalue weighted by Gasteiger charge is -2.13. The summed E-state index contributed by atoms with van der Waals surface area (Å²) < 4.78 is 10.5. The maximum absolute atomic E-state index is 12.4. The molecule has 0 spiro atoms. The lowest BCUT2D eigenvalue weighted by atomic mass is 10.1. The minimum Gasteiger partial charge on any atom is -0.496 e. The molecule has 0 aliphatic rings. The number of methoxy groups -OCH3 is 2. The fourth-order valence-electron chi connectivity index (χ4n) is 2.14. The summed E-state index contributed by atoms with van der Waals surface area (Å²) in [7, 11) is 3.07. The molecule has 0 fully saturated rings. The van der Waals surface area contributed by atoms with Crippen molar-refractivity contribution in [2.75, 3.05) is 19.5 Å². The first-order valence-corrected chi connectivity index (χ1v) is 6.90. The molecular formula is C17H18N2O4. The lowest BCUT2D eigenvalue weighted by molar-refractivity contribution is 0.0998. The van der Waals surface area contributed by atoms with Crippen LogP contribution in [0.2, 0.25) is 0 Å². The number of nitrogens with one attached hydrogen (secondary N) is 1. The van der Waals surface area contributed by atoms with Crippen molar-refractivity contribution in [2.45, 2.75) is 6.92 Å². The van der Waals surface area contributed by atoms with Crippen LogP contribution in [0.25, 0.3) is 0 Å². The number of primary amides is 1. The van der Waals surface area contributed by atoms with Gasteiger partial charge in [0.15, 0.2) is 0 Å². The molecule has 120 valence electrons. The van der Waals surface area contributed by atoms with E-state index in [2.05, 4.69) is 5.32 Å². The summed E-state index contributed by atoms with van der Waals surface area (Å²) in [5.74, 6) is 0.307. The molecule has 0 aromatic heterocycles. The summed E-state index contributed by atoms with van der Waals surface area (Å²) in [5.41, 5.74) is 7.33. The number of nitrogens with two attached hydrogens (primary N) is 1. The van der Waals surface area contributed by atoms with E-state index in [1.54, 1.807) is 36.4 Å². The highest BCUT2D eigenvalue weighted by atomic mass is 16.5. The smallest absolute Gasteiger partial charge is 0.255 e.